The smallest absolute Gasteiger partial charge is 0.124 e. The Balaban J connectivity index is 1.32. The van der Waals surface area contributed by atoms with E-state index in [9.17, 15) is 0 Å². The molecule has 0 bridgehead atoms. The van der Waals surface area contributed by atoms with E-state index in [4.69, 9.17) is 9.47 Å². The third-order valence-electron chi connectivity index (χ3n) is 5.40. The van der Waals surface area contributed by atoms with Crippen molar-refractivity contribution in [3.8, 4) is 5.75 Å². The average molecular weight is 287 g/mol. The van der Waals surface area contributed by atoms with E-state index in [-0.39, 0.29) is 5.60 Å². The molecule has 1 spiro atoms. The van der Waals surface area contributed by atoms with E-state index in [0.717, 1.165) is 18.9 Å². The third kappa shape index (κ3) is 2.69. The Labute approximate surface area is 127 Å². The summed E-state index contributed by atoms with van der Waals surface area (Å²) >= 11 is 0. The van der Waals surface area contributed by atoms with Gasteiger partial charge in [-0.2, -0.15) is 0 Å². The van der Waals surface area contributed by atoms with E-state index >= 15 is 0 Å². The molecule has 2 aliphatic heterocycles. The average Bonchev–Trinajstić information content (AvgIpc) is 3.11. The molecule has 0 amide bonds. The minimum absolute atomic E-state index is 0.231. The van der Waals surface area contributed by atoms with Gasteiger partial charge in [-0.3, -0.25) is 0 Å². The van der Waals surface area contributed by atoms with E-state index in [1.165, 1.54) is 50.5 Å². The molecule has 3 nitrogen and oxygen atoms in total. The van der Waals surface area contributed by atoms with Crippen molar-refractivity contribution in [1.29, 1.82) is 0 Å². The lowest BCUT2D eigenvalue weighted by Crippen LogP contribution is -2.36. The van der Waals surface area contributed by atoms with Crippen LogP contribution in [-0.4, -0.2) is 24.9 Å². The molecule has 1 N–H and O–H groups in total. The maximum Gasteiger partial charge on any atom is 0.124 e. The molecule has 3 heteroatoms. The largest absolute Gasteiger partial charge is 0.491 e. The number of hydrogen-bond acceptors (Lipinski definition) is 3. The number of hydrogen-bond donors (Lipinski definition) is 1. The zero-order chi connectivity index (χ0) is 14.1. The maximum absolute atomic E-state index is 6.43. The van der Waals surface area contributed by atoms with E-state index in [2.05, 4.69) is 23.5 Å². The molecule has 0 radical (unpaired) electrons. The molecule has 114 valence electrons. The predicted octanol–water partition coefficient (Wildman–Crippen LogP) is 3.59. The first-order chi connectivity index (χ1) is 10.3. The molecule has 1 aromatic rings. The van der Waals surface area contributed by atoms with Gasteiger partial charge in [0.2, 0.25) is 0 Å². The second-order valence-corrected chi connectivity index (χ2v) is 6.83. The van der Waals surface area contributed by atoms with Crippen molar-refractivity contribution in [2.24, 2.45) is 0 Å². The van der Waals surface area contributed by atoms with Crippen LogP contribution in [-0.2, 0) is 4.74 Å². The Bertz CT molecular complexity index is 496. The van der Waals surface area contributed by atoms with Gasteiger partial charge in [0.05, 0.1) is 17.7 Å². The van der Waals surface area contributed by atoms with Gasteiger partial charge in [-0.1, -0.05) is 37.5 Å². The highest BCUT2D eigenvalue weighted by Crippen LogP contribution is 2.42. The van der Waals surface area contributed by atoms with Crippen LogP contribution in [0.1, 0.15) is 56.6 Å². The Morgan fingerprint density at radius 3 is 2.86 bits per heavy atom. The van der Waals surface area contributed by atoms with Crippen LogP contribution in [0.2, 0.25) is 0 Å². The first-order valence-electron chi connectivity index (χ1n) is 8.48. The van der Waals surface area contributed by atoms with Gasteiger partial charge in [0.15, 0.2) is 0 Å². The molecule has 21 heavy (non-hydrogen) atoms. The van der Waals surface area contributed by atoms with Crippen LogP contribution in [0.25, 0.3) is 0 Å². The molecule has 2 unspecified atom stereocenters. The van der Waals surface area contributed by atoms with Crippen LogP contribution in [0.3, 0.4) is 0 Å². The number of ether oxygens (including phenoxy) is 2. The summed E-state index contributed by atoms with van der Waals surface area (Å²) in [7, 11) is 0. The Kier molecular flexibility index (Phi) is 3.64. The van der Waals surface area contributed by atoms with Gasteiger partial charge in [-0.15, -0.1) is 0 Å². The highest BCUT2D eigenvalue weighted by Gasteiger charge is 2.40. The molecular formula is C18H25NO2. The van der Waals surface area contributed by atoms with Crippen molar-refractivity contribution < 1.29 is 9.47 Å². The molecule has 4 rings (SSSR count). The molecule has 2 atom stereocenters. The summed E-state index contributed by atoms with van der Waals surface area (Å²) in [4.78, 5) is 0. The van der Waals surface area contributed by atoms with Crippen molar-refractivity contribution >= 4 is 0 Å². The van der Waals surface area contributed by atoms with Crippen LogP contribution >= 0.6 is 0 Å². The molecule has 3 aliphatic rings. The molecular weight excluding hydrogens is 262 g/mol. The van der Waals surface area contributed by atoms with Crippen LogP contribution in [0.4, 0.5) is 0 Å². The second kappa shape index (κ2) is 5.62. The summed E-state index contributed by atoms with van der Waals surface area (Å²) in [5.41, 5.74) is 1.53. The summed E-state index contributed by atoms with van der Waals surface area (Å²) in [5.74, 6) is 1.03. The number of nitrogens with one attached hydrogen (secondary N) is 1. The number of rotatable bonds is 3. The zero-order valence-corrected chi connectivity index (χ0v) is 12.6. The first-order valence-corrected chi connectivity index (χ1v) is 8.48. The number of benzene rings is 1. The summed E-state index contributed by atoms with van der Waals surface area (Å²) in [5, 5.41) is 3.65. The van der Waals surface area contributed by atoms with Crippen molar-refractivity contribution in [2.45, 2.75) is 62.7 Å². The number of fused-ring (bicyclic) bond motifs is 1. The normalized spacial score (nSPS) is 30.3. The highest BCUT2D eigenvalue weighted by atomic mass is 16.5. The molecule has 2 heterocycles. The fourth-order valence-corrected chi connectivity index (χ4v) is 4.21. The topological polar surface area (TPSA) is 30.5 Å². The van der Waals surface area contributed by atoms with E-state index < -0.39 is 0 Å². The fraction of sp³-hybridized carbons (Fsp3) is 0.667. The van der Waals surface area contributed by atoms with Gasteiger partial charge in [-0.25, -0.2) is 0 Å². The standard InChI is InChI=1S/C18H25NO2/c1-4-9-18(10-5-1)11-8-14(21-18)12-19-16-13-20-17-7-3-2-6-15(16)17/h2-3,6-7,14,16,19H,1,4-5,8-13H2. The number of para-hydroxylation sites is 1. The maximum atomic E-state index is 6.43. The van der Waals surface area contributed by atoms with Crippen LogP contribution < -0.4 is 10.1 Å². The van der Waals surface area contributed by atoms with Crippen molar-refractivity contribution in [1.82, 2.24) is 5.32 Å². The van der Waals surface area contributed by atoms with Gasteiger partial charge in [-0.05, 0) is 31.7 Å². The quantitative estimate of drug-likeness (QED) is 0.921. The third-order valence-corrected chi connectivity index (χ3v) is 5.40. The minimum atomic E-state index is 0.231. The van der Waals surface area contributed by atoms with E-state index in [1.807, 2.05) is 6.07 Å². The van der Waals surface area contributed by atoms with E-state index in [0.29, 0.717) is 12.1 Å². The van der Waals surface area contributed by atoms with E-state index in [1.54, 1.807) is 0 Å². The van der Waals surface area contributed by atoms with Crippen molar-refractivity contribution in [3.63, 3.8) is 0 Å². The lowest BCUT2D eigenvalue weighted by molar-refractivity contribution is -0.0630. The molecule has 2 fully saturated rings. The van der Waals surface area contributed by atoms with Crippen molar-refractivity contribution in [2.75, 3.05) is 13.2 Å². The lowest BCUT2D eigenvalue weighted by Gasteiger charge is -2.33. The van der Waals surface area contributed by atoms with Crippen molar-refractivity contribution in [3.05, 3.63) is 29.8 Å². The molecule has 0 aromatic heterocycles. The summed E-state index contributed by atoms with van der Waals surface area (Å²) < 4.78 is 12.2. The van der Waals surface area contributed by atoms with Gasteiger partial charge < -0.3 is 14.8 Å². The Morgan fingerprint density at radius 1 is 1.10 bits per heavy atom. The predicted molar refractivity (Wildman–Crippen MR) is 82.6 cm³/mol. The zero-order valence-electron chi connectivity index (χ0n) is 12.6. The summed E-state index contributed by atoms with van der Waals surface area (Å²) in [6, 6.07) is 8.67. The van der Waals surface area contributed by atoms with Crippen LogP contribution in [0.15, 0.2) is 24.3 Å². The monoisotopic (exact) mass is 287 g/mol. The molecule has 1 aromatic carbocycles. The van der Waals surface area contributed by atoms with Gasteiger partial charge in [0.25, 0.3) is 0 Å². The molecule has 1 saturated heterocycles. The van der Waals surface area contributed by atoms with Gasteiger partial charge in [0, 0.05) is 12.1 Å². The molecule has 1 aliphatic carbocycles. The second-order valence-electron chi connectivity index (χ2n) is 6.83. The Hall–Kier alpha value is -1.06. The fourth-order valence-electron chi connectivity index (χ4n) is 4.21. The Morgan fingerprint density at radius 2 is 1.95 bits per heavy atom. The minimum Gasteiger partial charge on any atom is -0.491 e. The lowest BCUT2D eigenvalue weighted by atomic mass is 9.83. The van der Waals surface area contributed by atoms with Gasteiger partial charge >= 0.3 is 0 Å². The van der Waals surface area contributed by atoms with Crippen LogP contribution in [0, 0.1) is 0 Å². The van der Waals surface area contributed by atoms with Gasteiger partial charge in [0.1, 0.15) is 12.4 Å². The summed E-state index contributed by atoms with van der Waals surface area (Å²) in [6.07, 6.45) is 9.51. The molecule has 1 saturated carbocycles. The highest BCUT2D eigenvalue weighted by molar-refractivity contribution is 5.39. The SMILES string of the molecule is c1ccc2c(c1)OCC2NCC1CCC2(CCCCC2)O1. The summed E-state index contributed by atoms with van der Waals surface area (Å²) in [6.45, 7) is 1.70. The van der Waals surface area contributed by atoms with Crippen LogP contribution in [0.5, 0.6) is 5.75 Å². The first kappa shape index (κ1) is 13.6.